The summed E-state index contributed by atoms with van der Waals surface area (Å²) in [7, 11) is 0. The van der Waals surface area contributed by atoms with E-state index < -0.39 is 0 Å². The van der Waals surface area contributed by atoms with E-state index in [9.17, 15) is 9.59 Å². The lowest BCUT2D eigenvalue weighted by Gasteiger charge is -2.35. The first-order valence-corrected chi connectivity index (χ1v) is 6.63. The summed E-state index contributed by atoms with van der Waals surface area (Å²) in [4.78, 5) is 25.9. The molecular formula is C13H26ClN3O2. The number of nitrogens with two attached hydrogens (primary N) is 1. The minimum absolute atomic E-state index is 0. The van der Waals surface area contributed by atoms with Gasteiger partial charge in [-0.25, -0.2) is 0 Å². The zero-order chi connectivity index (χ0) is 13.8. The van der Waals surface area contributed by atoms with E-state index in [-0.39, 0.29) is 35.6 Å². The van der Waals surface area contributed by atoms with E-state index in [0.29, 0.717) is 19.6 Å². The van der Waals surface area contributed by atoms with Crippen molar-refractivity contribution in [2.45, 2.75) is 33.6 Å². The summed E-state index contributed by atoms with van der Waals surface area (Å²) in [5.41, 5.74) is 4.98. The van der Waals surface area contributed by atoms with Gasteiger partial charge in [-0.1, -0.05) is 20.8 Å². The zero-order valence-corrected chi connectivity index (χ0v) is 12.9. The molecule has 5 nitrogen and oxygen atoms in total. The van der Waals surface area contributed by atoms with Gasteiger partial charge in [0.15, 0.2) is 0 Å². The minimum atomic E-state index is -0.379. The van der Waals surface area contributed by atoms with Crippen LogP contribution in [-0.2, 0) is 9.59 Å². The van der Waals surface area contributed by atoms with Crippen molar-refractivity contribution in [1.29, 1.82) is 0 Å². The third-order valence-electron chi connectivity index (χ3n) is 3.16. The lowest BCUT2D eigenvalue weighted by molar-refractivity contribution is -0.142. The molecule has 112 valence electrons. The molecule has 1 aliphatic rings. The van der Waals surface area contributed by atoms with Crippen molar-refractivity contribution in [1.82, 2.24) is 10.2 Å². The van der Waals surface area contributed by atoms with Crippen LogP contribution in [0.4, 0.5) is 0 Å². The lowest BCUT2D eigenvalue weighted by Crippen LogP contribution is -2.49. The van der Waals surface area contributed by atoms with Crippen molar-refractivity contribution in [3.05, 3.63) is 0 Å². The van der Waals surface area contributed by atoms with Crippen molar-refractivity contribution in [2.75, 3.05) is 26.2 Å². The molecule has 0 aromatic rings. The molecule has 0 radical (unpaired) electrons. The first-order chi connectivity index (χ1) is 8.36. The molecule has 0 spiro atoms. The maximum Gasteiger partial charge on any atom is 0.227 e. The molecule has 1 fully saturated rings. The van der Waals surface area contributed by atoms with Gasteiger partial charge in [-0.15, -0.1) is 12.4 Å². The van der Waals surface area contributed by atoms with Gasteiger partial charge in [-0.05, 0) is 12.8 Å². The molecule has 2 amide bonds. The fourth-order valence-electron chi connectivity index (χ4n) is 2.19. The summed E-state index contributed by atoms with van der Waals surface area (Å²) in [6.07, 6.45) is 1.74. The minimum Gasteiger partial charge on any atom is -0.355 e. The van der Waals surface area contributed by atoms with Crippen molar-refractivity contribution in [2.24, 2.45) is 17.1 Å². The Hall–Kier alpha value is -0.810. The van der Waals surface area contributed by atoms with E-state index in [1.54, 1.807) is 0 Å². The smallest absolute Gasteiger partial charge is 0.227 e. The van der Waals surface area contributed by atoms with Crippen molar-refractivity contribution >= 4 is 24.2 Å². The predicted molar refractivity (Wildman–Crippen MR) is 78.1 cm³/mol. The van der Waals surface area contributed by atoms with Crippen LogP contribution >= 0.6 is 12.4 Å². The van der Waals surface area contributed by atoms with Gasteiger partial charge in [-0.3, -0.25) is 9.59 Å². The Morgan fingerprint density at radius 1 is 1.37 bits per heavy atom. The van der Waals surface area contributed by atoms with Crippen molar-refractivity contribution in [3.8, 4) is 0 Å². The van der Waals surface area contributed by atoms with E-state index in [0.717, 1.165) is 19.4 Å². The van der Waals surface area contributed by atoms with Crippen LogP contribution in [0.2, 0.25) is 0 Å². The molecule has 0 bridgehead atoms. The summed E-state index contributed by atoms with van der Waals surface area (Å²) < 4.78 is 0. The summed E-state index contributed by atoms with van der Waals surface area (Å²) >= 11 is 0. The Labute approximate surface area is 121 Å². The number of nitrogens with zero attached hydrogens (tertiary/aromatic N) is 1. The SMILES string of the molecule is CC(C)(C)C(=O)N1CCCC(C(=O)NCCN)C1.Cl. The van der Waals surface area contributed by atoms with Crippen LogP contribution < -0.4 is 11.1 Å². The van der Waals surface area contributed by atoms with Crippen LogP contribution in [0.15, 0.2) is 0 Å². The highest BCUT2D eigenvalue weighted by molar-refractivity contribution is 5.85. The first kappa shape index (κ1) is 18.2. The number of carbonyl (C=O) groups is 2. The average molecular weight is 292 g/mol. The number of carbonyl (C=O) groups excluding carboxylic acids is 2. The lowest BCUT2D eigenvalue weighted by atomic mass is 9.91. The number of likely N-dealkylation sites (tertiary alicyclic amines) is 1. The maximum atomic E-state index is 12.2. The molecule has 1 saturated heterocycles. The molecule has 19 heavy (non-hydrogen) atoms. The molecule has 1 rings (SSSR count). The topological polar surface area (TPSA) is 75.4 Å². The van der Waals surface area contributed by atoms with E-state index in [2.05, 4.69) is 5.32 Å². The average Bonchev–Trinajstić information content (AvgIpc) is 2.34. The second-order valence-electron chi connectivity index (χ2n) is 5.92. The quantitative estimate of drug-likeness (QED) is 0.806. The van der Waals surface area contributed by atoms with Crippen LogP contribution in [0.1, 0.15) is 33.6 Å². The third kappa shape index (κ3) is 5.37. The zero-order valence-electron chi connectivity index (χ0n) is 12.1. The second kappa shape index (κ2) is 7.70. The van der Waals surface area contributed by atoms with Crippen LogP contribution in [0.25, 0.3) is 0 Å². The summed E-state index contributed by atoms with van der Waals surface area (Å²) in [5.74, 6) is 0.0577. The van der Waals surface area contributed by atoms with Gasteiger partial charge in [-0.2, -0.15) is 0 Å². The van der Waals surface area contributed by atoms with Crippen molar-refractivity contribution in [3.63, 3.8) is 0 Å². The normalized spacial score (nSPS) is 19.6. The van der Waals surface area contributed by atoms with E-state index in [1.165, 1.54) is 0 Å². The Balaban J connectivity index is 0.00000324. The molecule has 3 N–H and O–H groups in total. The number of rotatable bonds is 3. The highest BCUT2D eigenvalue weighted by Crippen LogP contribution is 2.23. The molecule has 0 aromatic carbocycles. The van der Waals surface area contributed by atoms with E-state index in [4.69, 9.17) is 5.73 Å². The summed E-state index contributed by atoms with van der Waals surface area (Å²) in [5, 5.41) is 2.80. The van der Waals surface area contributed by atoms with Gasteiger partial charge < -0.3 is 16.0 Å². The second-order valence-corrected chi connectivity index (χ2v) is 5.92. The molecule has 1 atom stereocenters. The number of piperidine rings is 1. The van der Waals surface area contributed by atoms with E-state index in [1.807, 2.05) is 25.7 Å². The molecule has 1 unspecified atom stereocenters. The van der Waals surface area contributed by atoms with Gasteiger partial charge in [0.05, 0.1) is 5.92 Å². The Morgan fingerprint density at radius 2 is 2.00 bits per heavy atom. The fourth-order valence-corrected chi connectivity index (χ4v) is 2.19. The Kier molecular flexibility index (Phi) is 7.37. The van der Waals surface area contributed by atoms with Crippen LogP contribution in [0.5, 0.6) is 0 Å². The van der Waals surface area contributed by atoms with Crippen LogP contribution in [-0.4, -0.2) is 42.9 Å². The number of hydrogen-bond donors (Lipinski definition) is 2. The van der Waals surface area contributed by atoms with E-state index >= 15 is 0 Å². The highest BCUT2D eigenvalue weighted by atomic mass is 35.5. The van der Waals surface area contributed by atoms with Gasteiger partial charge >= 0.3 is 0 Å². The highest BCUT2D eigenvalue weighted by Gasteiger charge is 2.33. The molecule has 6 heteroatoms. The Morgan fingerprint density at radius 3 is 2.53 bits per heavy atom. The molecule has 1 aliphatic heterocycles. The first-order valence-electron chi connectivity index (χ1n) is 6.63. The largest absolute Gasteiger partial charge is 0.355 e. The predicted octanol–water partition coefficient (Wildman–Crippen LogP) is 0.768. The molecule has 0 aromatic heterocycles. The third-order valence-corrected chi connectivity index (χ3v) is 3.16. The van der Waals surface area contributed by atoms with Gasteiger partial charge in [0.1, 0.15) is 0 Å². The summed E-state index contributed by atoms with van der Waals surface area (Å²) in [6, 6.07) is 0. The van der Waals surface area contributed by atoms with Crippen molar-refractivity contribution < 1.29 is 9.59 Å². The number of halogens is 1. The maximum absolute atomic E-state index is 12.2. The van der Waals surface area contributed by atoms with Crippen LogP contribution in [0.3, 0.4) is 0 Å². The van der Waals surface area contributed by atoms with Gasteiger partial charge in [0, 0.05) is 31.6 Å². The molecular weight excluding hydrogens is 266 g/mol. The van der Waals surface area contributed by atoms with Crippen LogP contribution in [0, 0.1) is 11.3 Å². The number of hydrogen-bond acceptors (Lipinski definition) is 3. The molecule has 1 heterocycles. The standard InChI is InChI=1S/C13H25N3O2.ClH/c1-13(2,3)12(18)16-8-4-5-10(9-16)11(17)15-7-6-14;/h10H,4-9,14H2,1-3H3,(H,15,17);1H. The van der Waals surface area contributed by atoms with Gasteiger partial charge in [0.25, 0.3) is 0 Å². The Bertz CT molecular complexity index is 316. The fraction of sp³-hybridized carbons (Fsp3) is 0.846. The monoisotopic (exact) mass is 291 g/mol. The summed E-state index contributed by atoms with van der Waals surface area (Å²) in [6.45, 7) is 7.98. The number of nitrogens with one attached hydrogen (secondary N) is 1. The number of amides is 2. The van der Waals surface area contributed by atoms with Gasteiger partial charge in [0.2, 0.25) is 11.8 Å². The molecule has 0 saturated carbocycles. The molecule has 0 aliphatic carbocycles.